The third-order valence-corrected chi connectivity index (χ3v) is 6.19. The first-order valence-electron chi connectivity index (χ1n) is 7.93. The molecule has 2 rings (SSSR count). The number of hydrogen-bond donors (Lipinski definition) is 1. The minimum atomic E-state index is -3.56. The van der Waals surface area contributed by atoms with Crippen LogP contribution in [0.3, 0.4) is 0 Å². The van der Waals surface area contributed by atoms with Gasteiger partial charge in [-0.05, 0) is 37.5 Å². The van der Waals surface area contributed by atoms with Crippen LogP contribution in [0.5, 0.6) is 0 Å². The molecular formula is C16H24N2O4S. The van der Waals surface area contributed by atoms with E-state index in [9.17, 15) is 13.2 Å². The first kappa shape index (κ1) is 17.9. The predicted molar refractivity (Wildman–Crippen MR) is 88.9 cm³/mol. The predicted octanol–water partition coefficient (Wildman–Crippen LogP) is 2.14. The molecule has 0 radical (unpaired) electrons. The molecule has 0 bridgehead atoms. The smallest absolute Gasteiger partial charge is 0.253 e. The highest BCUT2D eigenvalue weighted by Gasteiger charge is 2.26. The number of nitrogens with one attached hydrogen (secondary N) is 1. The fourth-order valence-electron chi connectivity index (χ4n) is 2.67. The lowest BCUT2D eigenvalue weighted by Crippen LogP contribution is -2.31. The molecule has 1 N–H and O–H groups in total. The van der Waals surface area contributed by atoms with E-state index in [0.717, 1.165) is 6.42 Å². The number of nitrogens with zero attached hydrogens (tertiary/aromatic N) is 1. The number of carbonyl (C=O) groups excluding carboxylic acids is 1. The van der Waals surface area contributed by atoms with Crippen LogP contribution in [0.4, 0.5) is 5.69 Å². The number of hydrogen-bond acceptors (Lipinski definition) is 4. The van der Waals surface area contributed by atoms with Crippen LogP contribution in [0.15, 0.2) is 23.1 Å². The Morgan fingerprint density at radius 3 is 2.61 bits per heavy atom. The maximum Gasteiger partial charge on any atom is 0.253 e. The van der Waals surface area contributed by atoms with E-state index in [4.69, 9.17) is 4.74 Å². The van der Waals surface area contributed by atoms with E-state index in [1.165, 1.54) is 10.4 Å². The van der Waals surface area contributed by atoms with E-state index in [1.54, 1.807) is 32.9 Å². The summed E-state index contributed by atoms with van der Waals surface area (Å²) in [5.41, 5.74) is 1.13. The van der Waals surface area contributed by atoms with Crippen molar-refractivity contribution < 1.29 is 17.9 Å². The monoisotopic (exact) mass is 340 g/mol. The zero-order valence-corrected chi connectivity index (χ0v) is 14.6. The lowest BCUT2D eigenvalue weighted by atomic mass is 10.2. The van der Waals surface area contributed by atoms with E-state index in [0.29, 0.717) is 37.4 Å². The molecule has 0 saturated carbocycles. The van der Waals surface area contributed by atoms with Crippen molar-refractivity contribution >= 4 is 21.6 Å². The molecule has 1 amide bonds. The highest BCUT2D eigenvalue weighted by atomic mass is 32.2. The SMILES string of the molecule is CCN(CC)S(=O)(=O)c1cc(NC(=O)C2CCCO2)ccc1C. The summed E-state index contributed by atoms with van der Waals surface area (Å²) in [5.74, 6) is -0.224. The standard InChI is InChI=1S/C16H24N2O4S/c1-4-18(5-2)23(20,21)15-11-13(9-8-12(15)3)17-16(19)14-7-6-10-22-14/h8-9,11,14H,4-7,10H2,1-3H3,(H,17,19). The summed E-state index contributed by atoms with van der Waals surface area (Å²) in [6.45, 7) is 6.77. The van der Waals surface area contributed by atoms with E-state index < -0.39 is 16.1 Å². The van der Waals surface area contributed by atoms with Crippen molar-refractivity contribution in [2.75, 3.05) is 25.0 Å². The third-order valence-electron chi connectivity index (χ3n) is 4.00. The van der Waals surface area contributed by atoms with Gasteiger partial charge in [-0.3, -0.25) is 4.79 Å². The zero-order chi connectivity index (χ0) is 17.0. The maximum absolute atomic E-state index is 12.7. The van der Waals surface area contributed by atoms with Gasteiger partial charge in [0.1, 0.15) is 6.10 Å². The summed E-state index contributed by atoms with van der Waals surface area (Å²) in [6.07, 6.45) is 1.12. The molecule has 0 aliphatic carbocycles. The quantitative estimate of drug-likeness (QED) is 0.861. The Hall–Kier alpha value is -1.44. The Morgan fingerprint density at radius 2 is 2.04 bits per heavy atom. The van der Waals surface area contributed by atoms with Crippen molar-refractivity contribution in [3.63, 3.8) is 0 Å². The number of amides is 1. The fraction of sp³-hybridized carbons (Fsp3) is 0.562. The Morgan fingerprint density at radius 1 is 1.35 bits per heavy atom. The van der Waals surface area contributed by atoms with Crippen molar-refractivity contribution in [3.8, 4) is 0 Å². The number of benzene rings is 1. The second kappa shape index (κ2) is 7.42. The van der Waals surface area contributed by atoms with Crippen LogP contribution in [0, 0.1) is 6.92 Å². The Kier molecular flexibility index (Phi) is 5.78. The number of ether oxygens (including phenoxy) is 1. The summed E-state index contributed by atoms with van der Waals surface area (Å²) in [7, 11) is -3.56. The van der Waals surface area contributed by atoms with Gasteiger partial charge in [0.15, 0.2) is 0 Å². The highest BCUT2D eigenvalue weighted by molar-refractivity contribution is 7.89. The summed E-state index contributed by atoms with van der Waals surface area (Å²) in [5, 5.41) is 2.75. The summed E-state index contributed by atoms with van der Waals surface area (Å²) in [6, 6.07) is 4.95. The molecule has 1 atom stereocenters. The topological polar surface area (TPSA) is 75.7 Å². The van der Waals surface area contributed by atoms with E-state index >= 15 is 0 Å². The van der Waals surface area contributed by atoms with Crippen LogP contribution in [0.2, 0.25) is 0 Å². The van der Waals surface area contributed by atoms with Gasteiger partial charge in [0.05, 0.1) is 4.90 Å². The lowest BCUT2D eigenvalue weighted by Gasteiger charge is -2.20. The Bertz CT molecular complexity index is 663. The zero-order valence-electron chi connectivity index (χ0n) is 13.8. The molecule has 1 aliphatic heterocycles. The molecule has 1 heterocycles. The third kappa shape index (κ3) is 3.91. The van der Waals surface area contributed by atoms with Gasteiger partial charge in [-0.15, -0.1) is 0 Å². The molecule has 1 aliphatic rings. The number of sulfonamides is 1. The molecule has 6 nitrogen and oxygen atoms in total. The van der Waals surface area contributed by atoms with Crippen LogP contribution in [0.25, 0.3) is 0 Å². The van der Waals surface area contributed by atoms with Gasteiger partial charge >= 0.3 is 0 Å². The average molecular weight is 340 g/mol. The molecule has 0 spiro atoms. The molecule has 128 valence electrons. The van der Waals surface area contributed by atoms with E-state index in [2.05, 4.69) is 5.32 Å². The minimum Gasteiger partial charge on any atom is -0.368 e. The normalized spacial score (nSPS) is 18.3. The molecule has 1 saturated heterocycles. The van der Waals surface area contributed by atoms with Crippen LogP contribution in [-0.4, -0.2) is 44.4 Å². The average Bonchev–Trinajstić information content (AvgIpc) is 3.04. The molecule has 1 fully saturated rings. The summed E-state index contributed by atoms with van der Waals surface area (Å²) in [4.78, 5) is 12.3. The van der Waals surface area contributed by atoms with E-state index in [-0.39, 0.29) is 10.8 Å². The molecule has 23 heavy (non-hydrogen) atoms. The number of aryl methyl sites for hydroxylation is 1. The number of carbonyl (C=O) groups is 1. The summed E-state index contributed by atoms with van der Waals surface area (Å²) >= 11 is 0. The van der Waals surface area contributed by atoms with Gasteiger partial charge in [-0.1, -0.05) is 19.9 Å². The Labute approximate surface area is 137 Å². The molecule has 1 unspecified atom stereocenters. The highest BCUT2D eigenvalue weighted by Crippen LogP contribution is 2.24. The molecule has 1 aromatic carbocycles. The van der Waals surface area contributed by atoms with Crippen LogP contribution in [0.1, 0.15) is 32.3 Å². The van der Waals surface area contributed by atoms with Gasteiger partial charge in [0, 0.05) is 25.4 Å². The Balaban J connectivity index is 2.26. The van der Waals surface area contributed by atoms with Crippen molar-refractivity contribution in [2.45, 2.75) is 44.6 Å². The van der Waals surface area contributed by atoms with Crippen molar-refractivity contribution in [1.82, 2.24) is 4.31 Å². The second-order valence-corrected chi connectivity index (χ2v) is 7.47. The van der Waals surface area contributed by atoms with Crippen molar-refractivity contribution in [2.24, 2.45) is 0 Å². The van der Waals surface area contributed by atoms with Crippen LogP contribution in [-0.2, 0) is 19.6 Å². The van der Waals surface area contributed by atoms with Gasteiger partial charge in [0.25, 0.3) is 5.91 Å². The number of rotatable bonds is 6. The second-order valence-electron chi connectivity index (χ2n) is 5.56. The maximum atomic E-state index is 12.7. The van der Waals surface area contributed by atoms with Crippen molar-refractivity contribution in [1.29, 1.82) is 0 Å². The molecule has 7 heteroatoms. The fourth-order valence-corrected chi connectivity index (χ4v) is 4.37. The molecule has 1 aromatic rings. The lowest BCUT2D eigenvalue weighted by molar-refractivity contribution is -0.124. The van der Waals surface area contributed by atoms with Crippen LogP contribution >= 0.6 is 0 Å². The first-order valence-corrected chi connectivity index (χ1v) is 9.37. The van der Waals surface area contributed by atoms with Crippen LogP contribution < -0.4 is 5.32 Å². The van der Waals surface area contributed by atoms with Gasteiger partial charge in [-0.2, -0.15) is 4.31 Å². The molecule has 0 aromatic heterocycles. The van der Waals surface area contributed by atoms with Gasteiger partial charge in [-0.25, -0.2) is 8.42 Å². The van der Waals surface area contributed by atoms with E-state index in [1.807, 2.05) is 0 Å². The van der Waals surface area contributed by atoms with Gasteiger partial charge < -0.3 is 10.1 Å². The number of anilines is 1. The van der Waals surface area contributed by atoms with Gasteiger partial charge in [0.2, 0.25) is 10.0 Å². The minimum absolute atomic E-state index is 0.224. The summed E-state index contributed by atoms with van der Waals surface area (Å²) < 4.78 is 32.1. The first-order chi connectivity index (χ1) is 10.9. The molecular weight excluding hydrogens is 316 g/mol. The van der Waals surface area contributed by atoms with Crippen molar-refractivity contribution in [3.05, 3.63) is 23.8 Å². The largest absolute Gasteiger partial charge is 0.368 e.